The number of aliphatic hydroxyl groups is 1. The van der Waals surface area contributed by atoms with Crippen LogP contribution in [0.4, 0.5) is 4.79 Å². The molecule has 31 heavy (non-hydrogen) atoms. The summed E-state index contributed by atoms with van der Waals surface area (Å²) in [5.41, 5.74) is 1.77. The van der Waals surface area contributed by atoms with Crippen molar-refractivity contribution in [3.63, 3.8) is 0 Å². The summed E-state index contributed by atoms with van der Waals surface area (Å²) in [6.45, 7) is 8.06. The van der Waals surface area contributed by atoms with Gasteiger partial charge in [-0.1, -0.05) is 35.9 Å². The Morgan fingerprint density at radius 1 is 1.23 bits per heavy atom. The fraction of sp³-hybridized carbons (Fsp3) is 0.480. The molecule has 0 saturated carbocycles. The molecule has 2 atom stereocenters. The number of hydrogen-bond acceptors (Lipinski definition) is 5. The number of aryl methyl sites for hydroxylation is 2. The third kappa shape index (κ3) is 7.17. The molecular formula is C25H33NO5. The lowest BCUT2D eigenvalue weighted by molar-refractivity contribution is -0.00136. The molecule has 0 bridgehead atoms. The summed E-state index contributed by atoms with van der Waals surface area (Å²) in [5.74, 6) is 1.53. The van der Waals surface area contributed by atoms with Crippen LogP contribution < -0.4 is 9.47 Å². The van der Waals surface area contributed by atoms with Gasteiger partial charge in [0.2, 0.25) is 0 Å². The molecule has 0 aromatic heterocycles. The number of hydrogen-bond donors (Lipinski definition) is 1. The van der Waals surface area contributed by atoms with Gasteiger partial charge in [0.05, 0.1) is 13.1 Å². The Morgan fingerprint density at radius 2 is 1.97 bits per heavy atom. The molecule has 1 amide bonds. The van der Waals surface area contributed by atoms with E-state index in [1.165, 1.54) is 16.0 Å². The maximum atomic E-state index is 12.8. The largest absolute Gasteiger partial charge is 0.491 e. The average Bonchev–Trinajstić information content (AvgIpc) is 2.71. The number of carbonyl (C=O) groups is 1. The molecule has 1 N–H and O–H groups in total. The number of carbonyl (C=O) groups excluding carboxylic acids is 1. The van der Waals surface area contributed by atoms with Gasteiger partial charge in [-0.2, -0.15) is 0 Å². The summed E-state index contributed by atoms with van der Waals surface area (Å²) in [5, 5.41) is 10.5. The highest BCUT2D eigenvalue weighted by atomic mass is 16.6. The number of para-hydroxylation sites is 1. The lowest BCUT2D eigenvalue weighted by atomic mass is 10.00. The first-order chi connectivity index (χ1) is 14.7. The second-order valence-electron chi connectivity index (χ2n) is 9.05. The van der Waals surface area contributed by atoms with Crippen molar-refractivity contribution in [2.75, 3.05) is 19.7 Å². The standard InChI is InChI=1S/C25H33NO5/c1-18-10-13-23-19(14-18)11-12-22(30-23)16-26(24(28)31-25(2,3)4)15-20(27)17-29-21-8-6-5-7-9-21/h5-10,13-14,20,22,27H,11-12,15-17H2,1-4H3. The number of amides is 1. The van der Waals surface area contributed by atoms with Gasteiger partial charge < -0.3 is 24.2 Å². The van der Waals surface area contributed by atoms with Crippen LogP contribution in [0.3, 0.4) is 0 Å². The Hall–Kier alpha value is -2.73. The maximum absolute atomic E-state index is 12.8. The van der Waals surface area contributed by atoms with Crippen LogP contribution >= 0.6 is 0 Å². The van der Waals surface area contributed by atoms with E-state index in [0.717, 1.165) is 18.6 Å². The van der Waals surface area contributed by atoms with Gasteiger partial charge in [-0.15, -0.1) is 0 Å². The Balaban J connectivity index is 1.63. The predicted molar refractivity (Wildman–Crippen MR) is 120 cm³/mol. The van der Waals surface area contributed by atoms with Crippen molar-refractivity contribution in [2.24, 2.45) is 0 Å². The molecule has 2 aromatic rings. The molecule has 1 heterocycles. The smallest absolute Gasteiger partial charge is 0.410 e. The molecule has 1 aliphatic heterocycles. The van der Waals surface area contributed by atoms with E-state index in [0.29, 0.717) is 12.3 Å². The minimum atomic E-state index is -0.855. The molecule has 6 nitrogen and oxygen atoms in total. The van der Waals surface area contributed by atoms with Crippen LogP contribution in [0, 0.1) is 6.92 Å². The highest BCUT2D eigenvalue weighted by molar-refractivity contribution is 5.68. The van der Waals surface area contributed by atoms with E-state index in [1.54, 1.807) is 0 Å². The fourth-order valence-electron chi connectivity index (χ4n) is 3.51. The van der Waals surface area contributed by atoms with Crippen LogP contribution in [-0.4, -0.2) is 53.6 Å². The van der Waals surface area contributed by atoms with Crippen molar-refractivity contribution in [3.05, 3.63) is 59.7 Å². The number of ether oxygens (including phenoxy) is 3. The van der Waals surface area contributed by atoms with E-state index < -0.39 is 17.8 Å². The van der Waals surface area contributed by atoms with Gasteiger partial charge in [-0.3, -0.25) is 0 Å². The highest BCUT2D eigenvalue weighted by Crippen LogP contribution is 2.29. The second kappa shape index (κ2) is 10.1. The maximum Gasteiger partial charge on any atom is 0.410 e. The number of nitrogens with zero attached hydrogens (tertiary/aromatic N) is 1. The Labute approximate surface area is 184 Å². The summed E-state index contributed by atoms with van der Waals surface area (Å²) in [7, 11) is 0. The lowest BCUT2D eigenvalue weighted by Crippen LogP contribution is -2.47. The third-order valence-corrected chi connectivity index (χ3v) is 4.94. The van der Waals surface area contributed by atoms with Crippen LogP contribution in [0.15, 0.2) is 48.5 Å². The van der Waals surface area contributed by atoms with Crippen LogP contribution in [0.5, 0.6) is 11.5 Å². The highest BCUT2D eigenvalue weighted by Gasteiger charge is 2.29. The lowest BCUT2D eigenvalue weighted by Gasteiger charge is -2.33. The number of benzene rings is 2. The Bertz CT molecular complexity index is 862. The van der Waals surface area contributed by atoms with Gasteiger partial charge in [-0.25, -0.2) is 4.79 Å². The van der Waals surface area contributed by atoms with E-state index in [-0.39, 0.29) is 19.3 Å². The first kappa shape index (κ1) is 22.9. The minimum Gasteiger partial charge on any atom is -0.491 e. The van der Waals surface area contributed by atoms with E-state index in [9.17, 15) is 9.90 Å². The van der Waals surface area contributed by atoms with Crippen molar-refractivity contribution < 1.29 is 24.1 Å². The molecule has 2 aromatic carbocycles. The molecule has 3 rings (SSSR count). The zero-order valence-electron chi connectivity index (χ0n) is 18.8. The van der Waals surface area contributed by atoms with Crippen molar-refractivity contribution in [1.29, 1.82) is 0 Å². The normalized spacial score (nSPS) is 16.6. The molecule has 6 heteroatoms. The molecule has 0 aliphatic carbocycles. The first-order valence-electron chi connectivity index (χ1n) is 10.8. The van der Waals surface area contributed by atoms with Crippen molar-refractivity contribution in [2.45, 2.75) is 58.3 Å². The SMILES string of the molecule is Cc1ccc2c(c1)CCC(CN(CC(O)COc1ccccc1)C(=O)OC(C)(C)C)O2. The summed E-state index contributed by atoms with van der Waals surface area (Å²) in [6, 6.07) is 15.4. The van der Waals surface area contributed by atoms with Crippen LogP contribution in [0.1, 0.15) is 38.3 Å². The second-order valence-corrected chi connectivity index (χ2v) is 9.05. The van der Waals surface area contributed by atoms with Gasteiger partial charge in [0.15, 0.2) is 0 Å². The van der Waals surface area contributed by atoms with Gasteiger partial charge in [-0.05, 0) is 64.3 Å². The minimum absolute atomic E-state index is 0.0803. The molecule has 2 unspecified atom stereocenters. The van der Waals surface area contributed by atoms with Crippen molar-refractivity contribution in [1.82, 2.24) is 4.90 Å². The average molecular weight is 428 g/mol. The molecule has 0 saturated heterocycles. The summed E-state index contributed by atoms with van der Waals surface area (Å²) < 4.78 is 17.4. The quantitative estimate of drug-likeness (QED) is 0.711. The molecule has 1 aliphatic rings. The summed E-state index contributed by atoms with van der Waals surface area (Å²) in [4.78, 5) is 14.4. The Morgan fingerprint density at radius 3 is 2.68 bits per heavy atom. The van der Waals surface area contributed by atoms with Crippen LogP contribution in [0.25, 0.3) is 0 Å². The van der Waals surface area contributed by atoms with Crippen molar-refractivity contribution >= 4 is 6.09 Å². The molecule has 0 fully saturated rings. The first-order valence-corrected chi connectivity index (χ1v) is 10.8. The molecular weight excluding hydrogens is 394 g/mol. The summed E-state index contributed by atoms with van der Waals surface area (Å²) in [6.07, 6.45) is 0.205. The third-order valence-electron chi connectivity index (χ3n) is 4.94. The molecule has 168 valence electrons. The Kier molecular flexibility index (Phi) is 7.44. The van der Waals surface area contributed by atoms with Gasteiger partial charge >= 0.3 is 6.09 Å². The predicted octanol–water partition coefficient (Wildman–Crippen LogP) is 4.37. The van der Waals surface area contributed by atoms with E-state index >= 15 is 0 Å². The zero-order valence-corrected chi connectivity index (χ0v) is 18.8. The topological polar surface area (TPSA) is 68.2 Å². The van der Waals surface area contributed by atoms with E-state index in [1.807, 2.05) is 63.2 Å². The molecule has 0 spiro atoms. The molecule has 0 radical (unpaired) electrons. The fourth-order valence-corrected chi connectivity index (χ4v) is 3.51. The van der Waals surface area contributed by atoms with Gasteiger partial charge in [0.1, 0.15) is 35.9 Å². The van der Waals surface area contributed by atoms with Gasteiger partial charge in [0.25, 0.3) is 0 Å². The van der Waals surface area contributed by atoms with Gasteiger partial charge in [0, 0.05) is 0 Å². The van der Waals surface area contributed by atoms with Crippen LogP contribution in [0.2, 0.25) is 0 Å². The summed E-state index contributed by atoms with van der Waals surface area (Å²) >= 11 is 0. The number of rotatable bonds is 7. The van der Waals surface area contributed by atoms with Crippen LogP contribution in [-0.2, 0) is 11.2 Å². The zero-order chi connectivity index (χ0) is 22.4. The van der Waals surface area contributed by atoms with Crippen molar-refractivity contribution in [3.8, 4) is 11.5 Å². The monoisotopic (exact) mass is 427 g/mol. The number of fused-ring (bicyclic) bond motifs is 1. The van der Waals surface area contributed by atoms with E-state index in [4.69, 9.17) is 14.2 Å². The number of aliphatic hydroxyl groups excluding tert-OH is 1. The van der Waals surface area contributed by atoms with E-state index in [2.05, 4.69) is 13.0 Å².